The van der Waals surface area contributed by atoms with E-state index in [1.165, 1.54) is 23.1 Å². The smallest absolute Gasteiger partial charge is 0.251 e. The zero-order chi connectivity index (χ0) is 17.3. The number of thiophene rings is 1. The number of carbonyl (C=O) groups is 2. The minimum atomic E-state index is -0.470. The van der Waals surface area contributed by atoms with Crippen LogP contribution in [-0.4, -0.2) is 17.1 Å². The summed E-state index contributed by atoms with van der Waals surface area (Å²) in [4.78, 5) is 26.4. The molecule has 7 heteroatoms. The first-order chi connectivity index (χ1) is 11.5. The lowest BCUT2D eigenvalue weighted by molar-refractivity contribution is -0.115. The van der Waals surface area contributed by atoms with Gasteiger partial charge in [0.15, 0.2) is 0 Å². The van der Waals surface area contributed by atoms with Gasteiger partial charge in [-0.15, -0.1) is 23.1 Å². The highest BCUT2D eigenvalue weighted by Gasteiger charge is 2.27. The van der Waals surface area contributed by atoms with Crippen molar-refractivity contribution in [2.24, 2.45) is 5.73 Å². The summed E-state index contributed by atoms with van der Waals surface area (Å²) < 4.78 is 0. The van der Waals surface area contributed by atoms with Crippen LogP contribution in [-0.2, 0) is 17.6 Å². The van der Waals surface area contributed by atoms with Crippen molar-refractivity contribution in [1.29, 1.82) is 0 Å². The number of carbonyl (C=O) groups excluding carboxylic acids is 2. The van der Waals surface area contributed by atoms with Crippen molar-refractivity contribution in [3.05, 3.63) is 45.3 Å². The summed E-state index contributed by atoms with van der Waals surface area (Å²) in [7, 11) is 0. The van der Waals surface area contributed by atoms with Crippen molar-refractivity contribution in [3.63, 3.8) is 0 Å². The Kier molecular flexibility index (Phi) is 5.18. The van der Waals surface area contributed by atoms with E-state index in [-0.39, 0.29) is 11.2 Å². The van der Waals surface area contributed by atoms with Crippen molar-refractivity contribution in [3.8, 4) is 0 Å². The second kappa shape index (κ2) is 7.17. The highest BCUT2D eigenvalue weighted by atomic mass is 35.5. The first kappa shape index (κ1) is 17.3. The molecule has 126 valence electrons. The van der Waals surface area contributed by atoms with Crippen molar-refractivity contribution in [2.45, 2.75) is 36.3 Å². The van der Waals surface area contributed by atoms with Crippen LogP contribution >= 0.6 is 34.7 Å². The van der Waals surface area contributed by atoms with Crippen LogP contribution in [0.25, 0.3) is 0 Å². The molecule has 0 saturated heterocycles. The first-order valence-electron chi connectivity index (χ1n) is 7.63. The van der Waals surface area contributed by atoms with Gasteiger partial charge in [-0.25, -0.2) is 0 Å². The van der Waals surface area contributed by atoms with Gasteiger partial charge in [-0.05, 0) is 56.0 Å². The predicted octanol–water partition coefficient (Wildman–Crippen LogP) is 4.11. The molecule has 1 atom stereocenters. The van der Waals surface area contributed by atoms with Gasteiger partial charge in [0.05, 0.1) is 10.8 Å². The van der Waals surface area contributed by atoms with Crippen molar-refractivity contribution in [1.82, 2.24) is 0 Å². The van der Waals surface area contributed by atoms with Gasteiger partial charge >= 0.3 is 0 Å². The normalized spacial score (nSPS) is 14.2. The van der Waals surface area contributed by atoms with Crippen LogP contribution in [0.2, 0.25) is 5.02 Å². The van der Waals surface area contributed by atoms with Gasteiger partial charge in [0.1, 0.15) is 5.00 Å². The summed E-state index contributed by atoms with van der Waals surface area (Å²) in [6.45, 7) is 1.83. The maximum atomic E-state index is 12.5. The monoisotopic (exact) mass is 380 g/mol. The number of halogens is 1. The van der Waals surface area contributed by atoms with Gasteiger partial charge in [-0.3, -0.25) is 9.59 Å². The summed E-state index contributed by atoms with van der Waals surface area (Å²) >= 11 is 8.78. The van der Waals surface area contributed by atoms with Crippen LogP contribution in [0.3, 0.4) is 0 Å². The largest absolute Gasteiger partial charge is 0.365 e. The molecule has 0 fully saturated rings. The Balaban J connectivity index is 1.72. The predicted molar refractivity (Wildman–Crippen MR) is 100 cm³/mol. The fourth-order valence-corrected chi connectivity index (χ4v) is 5.03. The number of aryl methyl sites for hydroxylation is 1. The molecule has 0 bridgehead atoms. The van der Waals surface area contributed by atoms with Gasteiger partial charge in [0.25, 0.3) is 5.91 Å². The van der Waals surface area contributed by atoms with Crippen molar-refractivity contribution < 1.29 is 9.59 Å². The Morgan fingerprint density at radius 3 is 2.67 bits per heavy atom. The maximum Gasteiger partial charge on any atom is 0.251 e. The molecular weight excluding hydrogens is 364 g/mol. The number of primary amides is 1. The summed E-state index contributed by atoms with van der Waals surface area (Å²) in [5, 5.41) is 3.83. The van der Waals surface area contributed by atoms with E-state index < -0.39 is 5.91 Å². The van der Waals surface area contributed by atoms with Crippen LogP contribution in [0.4, 0.5) is 5.00 Å². The fraction of sp³-hybridized carbons (Fsp3) is 0.294. The number of amides is 2. The first-order valence-corrected chi connectivity index (χ1v) is 9.70. The molecule has 1 aromatic carbocycles. The molecule has 4 nitrogen and oxygen atoms in total. The van der Waals surface area contributed by atoms with Crippen molar-refractivity contribution >= 4 is 51.5 Å². The molecule has 3 rings (SSSR count). The standard InChI is InChI=1S/C17H17ClN2O2S2/c1-9(23-11-7-5-10(18)6-8-11)16(22)20-17-14(15(19)21)12-3-2-4-13(12)24-17/h5-9H,2-4H2,1H3,(H2,19,21)(H,20,22)/t9-/m0/s1. The number of thioether (sulfide) groups is 1. The number of hydrogen-bond donors (Lipinski definition) is 2. The molecule has 2 amide bonds. The summed E-state index contributed by atoms with van der Waals surface area (Å²) in [5.74, 6) is -0.611. The molecule has 3 N–H and O–H groups in total. The molecule has 1 aromatic heterocycles. The van der Waals surface area contributed by atoms with Crippen LogP contribution in [0.1, 0.15) is 34.1 Å². The van der Waals surface area contributed by atoms with Gasteiger partial charge in [0.2, 0.25) is 5.91 Å². The highest BCUT2D eigenvalue weighted by Crippen LogP contribution is 2.39. The van der Waals surface area contributed by atoms with E-state index in [2.05, 4.69) is 5.32 Å². The molecule has 0 unspecified atom stereocenters. The number of nitrogens with one attached hydrogen (secondary N) is 1. The van der Waals surface area contributed by atoms with Gasteiger partial charge in [-0.1, -0.05) is 11.6 Å². The number of rotatable bonds is 5. The highest BCUT2D eigenvalue weighted by molar-refractivity contribution is 8.00. The van der Waals surface area contributed by atoms with Crippen molar-refractivity contribution in [2.75, 3.05) is 5.32 Å². The summed E-state index contributed by atoms with van der Waals surface area (Å²) in [6.07, 6.45) is 2.85. The second-order valence-corrected chi connectivity index (χ2v) is 8.58. The Bertz CT molecular complexity index is 787. The van der Waals surface area contributed by atoms with E-state index in [1.54, 1.807) is 12.1 Å². The zero-order valence-corrected chi connectivity index (χ0v) is 15.5. The molecule has 1 heterocycles. The number of nitrogens with two attached hydrogens (primary N) is 1. The Morgan fingerprint density at radius 2 is 2.00 bits per heavy atom. The van der Waals surface area contributed by atoms with E-state index in [1.807, 2.05) is 19.1 Å². The lowest BCUT2D eigenvalue weighted by Gasteiger charge is -2.12. The average molecular weight is 381 g/mol. The Hall–Kier alpha value is -1.50. The second-order valence-electron chi connectivity index (χ2n) is 5.63. The van der Waals surface area contributed by atoms with E-state index in [0.717, 1.165) is 34.6 Å². The molecule has 0 spiro atoms. The number of hydrogen-bond acceptors (Lipinski definition) is 4. The third kappa shape index (κ3) is 3.61. The van der Waals surface area contributed by atoms with Crippen LogP contribution < -0.4 is 11.1 Å². The SMILES string of the molecule is C[C@H](Sc1ccc(Cl)cc1)C(=O)Nc1sc2c(c1C(N)=O)CCC2. The van der Waals surface area contributed by atoms with E-state index in [0.29, 0.717) is 15.6 Å². The maximum absolute atomic E-state index is 12.5. The van der Waals surface area contributed by atoms with E-state index in [4.69, 9.17) is 17.3 Å². The third-order valence-electron chi connectivity index (χ3n) is 3.90. The molecule has 0 radical (unpaired) electrons. The minimum absolute atomic E-state index is 0.141. The molecule has 1 aliphatic carbocycles. The lowest BCUT2D eigenvalue weighted by Crippen LogP contribution is -2.24. The summed E-state index contributed by atoms with van der Waals surface area (Å²) in [5.41, 5.74) is 7.03. The molecule has 1 aliphatic rings. The topological polar surface area (TPSA) is 72.2 Å². The quantitative estimate of drug-likeness (QED) is 0.766. The van der Waals surface area contributed by atoms with E-state index in [9.17, 15) is 9.59 Å². The van der Waals surface area contributed by atoms with Gasteiger partial charge in [-0.2, -0.15) is 0 Å². The van der Waals surface area contributed by atoms with E-state index >= 15 is 0 Å². The van der Waals surface area contributed by atoms with Crippen LogP contribution in [0.15, 0.2) is 29.2 Å². The fourth-order valence-electron chi connectivity index (χ4n) is 2.74. The molecule has 2 aromatic rings. The third-order valence-corrected chi connectivity index (χ3v) is 6.47. The average Bonchev–Trinajstić information content (AvgIpc) is 3.09. The Labute approximate surface area is 153 Å². The molecule has 0 saturated carbocycles. The molecule has 0 aliphatic heterocycles. The number of benzene rings is 1. The molecule has 24 heavy (non-hydrogen) atoms. The van der Waals surface area contributed by atoms with Gasteiger partial charge in [0, 0.05) is 14.8 Å². The Morgan fingerprint density at radius 1 is 1.29 bits per heavy atom. The molecular formula is C17H17ClN2O2S2. The minimum Gasteiger partial charge on any atom is -0.365 e. The number of anilines is 1. The van der Waals surface area contributed by atoms with Gasteiger partial charge < -0.3 is 11.1 Å². The zero-order valence-electron chi connectivity index (χ0n) is 13.1. The lowest BCUT2D eigenvalue weighted by atomic mass is 10.1. The number of fused-ring (bicyclic) bond motifs is 1. The van der Waals surface area contributed by atoms with Crippen LogP contribution in [0, 0.1) is 0 Å². The summed E-state index contributed by atoms with van der Waals surface area (Å²) in [6, 6.07) is 7.35. The van der Waals surface area contributed by atoms with Crippen LogP contribution in [0.5, 0.6) is 0 Å².